The maximum absolute atomic E-state index is 11.8. The molecule has 2 aromatic heterocycles. The van der Waals surface area contributed by atoms with E-state index in [4.69, 9.17) is 0 Å². The van der Waals surface area contributed by atoms with Crippen molar-refractivity contribution in [3.63, 3.8) is 0 Å². The second-order valence-corrected chi connectivity index (χ2v) is 6.87. The number of amides is 1. The zero-order valence-corrected chi connectivity index (χ0v) is 11.7. The number of carbonyl (C=O) groups excluding carboxylic acids is 1. The summed E-state index contributed by atoms with van der Waals surface area (Å²) in [5.41, 5.74) is 0. The molecule has 0 saturated heterocycles. The third-order valence-corrected chi connectivity index (χ3v) is 4.97. The van der Waals surface area contributed by atoms with E-state index in [0.29, 0.717) is 6.54 Å². The molecular formula is C11H12N2OS3. The smallest absolute Gasteiger partial charge is 0.233 e. The van der Waals surface area contributed by atoms with Crippen LogP contribution in [0.5, 0.6) is 0 Å². The van der Waals surface area contributed by atoms with E-state index >= 15 is 0 Å². The van der Waals surface area contributed by atoms with E-state index < -0.39 is 0 Å². The van der Waals surface area contributed by atoms with Gasteiger partial charge in [-0.05, 0) is 18.4 Å². The van der Waals surface area contributed by atoms with Crippen LogP contribution >= 0.6 is 34.4 Å². The molecule has 1 N–H and O–H groups in total. The third-order valence-electron chi connectivity index (χ3n) is 2.07. The molecule has 17 heavy (non-hydrogen) atoms. The van der Waals surface area contributed by atoms with Crippen LogP contribution in [-0.2, 0) is 11.3 Å². The molecule has 0 saturated carbocycles. The number of hydrogen-bond acceptors (Lipinski definition) is 5. The van der Waals surface area contributed by atoms with Crippen molar-refractivity contribution < 1.29 is 4.79 Å². The highest BCUT2D eigenvalue weighted by molar-refractivity contribution is 8.02. The molecule has 6 heteroatoms. The summed E-state index contributed by atoms with van der Waals surface area (Å²) in [5, 5.41) is 6.74. The largest absolute Gasteiger partial charge is 0.350 e. The average Bonchev–Trinajstić information content (AvgIpc) is 2.98. The van der Waals surface area contributed by atoms with Gasteiger partial charge in [0.15, 0.2) is 4.34 Å². The molecule has 0 aliphatic heterocycles. The number of rotatable bonds is 5. The molecule has 2 rings (SSSR count). The monoisotopic (exact) mass is 284 g/mol. The second-order valence-electron chi connectivity index (χ2n) is 3.36. The van der Waals surface area contributed by atoms with Crippen molar-refractivity contribution in [3.8, 4) is 0 Å². The van der Waals surface area contributed by atoms with Crippen molar-refractivity contribution >= 4 is 40.3 Å². The molecule has 1 amide bonds. The van der Waals surface area contributed by atoms with Gasteiger partial charge in [-0.1, -0.05) is 17.8 Å². The van der Waals surface area contributed by atoms with E-state index in [1.54, 1.807) is 28.9 Å². The normalized spacial score (nSPS) is 12.3. The summed E-state index contributed by atoms with van der Waals surface area (Å²) >= 11 is 4.70. The van der Waals surface area contributed by atoms with Gasteiger partial charge in [0.25, 0.3) is 0 Å². The van der Waals surface area contributed by atoms with Crippen molar-refractivity contribution in [1.29, 1.82) is 0 Å². The number of hydrogen-bond donors (Lipinski definition) is 1. The molecule has 0 spiro atoms. The summed E-state index contributed by atoms with van der Waals surface area (Å²) < 4.78 is 0.934. The summed E-state index contributed by atoms with van der Waals surface area (Å²) in [7, 11) is 0. The van der Waals surface area contributed by atoms with Crippen LogP contribution in [0.2, 0.25) is 0 Å². The predicted molar refractivity (Wildman–Crippen MR) is 73.6 cm³/mol. The fourth-order valence-corrected chi connectivity index (χ4v) is 3.65. The fraction of sp³-hybridized carbons (Fsp3) is 0.273. The maximum Gasteiger partial charge on any atom is 0.233 e. The molecule has 1 unspecified atom stereocenters. The van der Waals surface area contributed by atoms with Gasteiger partial charge in [-0.25, -0.2) is 4.98 Å². The molecule has 90 valence electrons. The van der Waals surface area contributed by atoms with Gasteiger partial charge in [0.2, 0.25) is 5.91 Å². The number of nitrogens with one attached hydrogen (secondary N) is 1. The first-order valence-corrected chi connectivity index (χ1v) is 7.76. The lowest BCUT2D eigenvalue weighted by atomic mass is 10.4. The number of aromatic nitrogens is 1. The fourth-order valence-electron chi connectivity index (χ4n) is 1.20. The zero-order chi connectivity index (χ0) is 12.1. The highest BCUT2D eigenvalue weighted by Gasteiger charge is 2.15. The molecule has 2 aromatic rings. The summed E-state index contributed by atoms with van der Waals surface area (Å²) in [6.07, 6.45) is 1.75. The molecule has 0 aromatic carbocycles. The van der Waals surface area contributed by atoms with Gasteiger partial charge in [-0.15, -0.1) is 22.7 Å². The summed E-state index contributed by atoms with van der Waals surface area (Å²) in [6, 6.07) is 4.00. The van der Waals surface area contributed by atoms with E-state index in [1.165, 1.54) is 16.6 Å². The van der Waals surface area contributed by atoms with E-state index in [9.17, 15) is 4.79 Å². The minimum Gasteiger partial charge on any atom is -0.350 e. The molecule has 0 bridgehead atoms. The van der Waals surface area contributed by atoms with E-state index in [2.05, 4.69) is 10.3 Å². The SMILES string of the molecule is CC(Sc1nccs1)C(=O)NCc1cccs1. The Labute approximate surface area is 112 Å². The third kappa shape index (κ3) is 3.83. The first kappa shape index (κ1) is 12.6. The summed E-state index contributed by atoms with van der Waals surface area (Å²) in [5.74, 6) is 0.0543. The molecule has 3 nitrogen and oxygen atoms in total. The van der Waals surface area contributed by atoms with Crippen molar-refractivity contribution in [2.24, 2.45) is 0 Å². The van der Waals surface area contributed by atoms with Crippen LogP contribution in [0, 0.1) is 0 Å². The minimum absolute atomic E-state index is 0.0543. The van der Waals surface area contributed by atoms with Crippen LogP contribution in [0.3, 0.4) is 0 Å². The molecular weight excluding hydrogens is 272 g/mol. The zero-order valence-electron chi connectivity index (χ0n) is 9.25. The van der Waals surface area contributed by atoms with Crippen LogP contribution in [0.25, 0.3) is 0 Å². The standard InChI is InChI=1S/C11H12N2OS3/c1-8(17-11-12-4-6-16-11)10(14)13-7-9-3-2-5-15-9/h2-6,8H,7H2,1H3,(H,13,14). The highest BCUT2D eigenvalue weighted by Crippen LogP contribution is 2.25. The van der Waals surface area contributed by atoms with Crippen LogP contribution in [0.15, 0.2) is 33.4 Å². The Morgan fingerprint density at radius 3 is 3.06 bits per heavy atom. The molecule has 0 fully saturated rings. The van der Waals surface area contributed by atoms with Crippen molar-refractivity contribution in [2.45, 2.75) is 23.1 Å². The molecule has 2 heterocycles. The minimum atomic E-state index is -0.110. The summed E-state index contributed by atoms with van der Waals surface area (Å²) in [4.78, 5) is 17.1. The van der Waals surface area contributed by atoms with Crippen molar-refractivity contribution in [1.82, 2.24) is 10.3 Å². The second kappa shape index (κ2) is 6.18. The Kier molecular flexibility index (Phi) is 4.58. The lowest BCUT2D eigenvalue weighted by Crippen LogP contribution is -2.30. The van der Waals surface area contributed by atoms with E-state index in [1.807, 2.05) is 29.8 Å². The lowest BCUT2D eigenvalue weighted by Gasteiger charge is -2.09. The Morgan fingerprint density at radius 1 is 1.53 bits per heavy atom. The van der Waals surface area contributed by atoms with Gasteiger partial charge < -0.3 is 5.32 Å². The van der Waals surface area contributed by atoms with Crippen molar-refractivity contribution in [3.05, 3.63) is 34.0 Å². The molecule has 1 atom stereocenters. The average molecular weight is 284 g/mol. The van der Waals surface area contributed by atoms with Crippen molar-refractivity contribution in [2.75, 3.05) is 0 Å². The summed E-state index contributed by atoms with van der Waals surface area (Å²) in [6.45, 7) is 2.51. The lowest BCUT2D eigenvalue weighted by molar-refractivity contribution is -0.120. The maximum atomic E-state index is 11.8. The first-order valence-electron chi connectivity index (χ1n) is 5.12. The number of nitrogens with zero attached hydrogens (tertiary/aromatic N) is 1. The van der Waals surface area contributed by atoms with Crippen LogP contribution in [0.4, 0.5) is 0 Å². The number of thioether (sulfide) groups is 1. The van der Waals surface area contributed by atoms with Gasteiger partial charge in [-0.3, -0.25) is 4.79 Å². The van der Waals surface area contributed by atoms with Gasteiger partial charge >= 0.3 is 0 Å². The molecule has 0 aliphatic rings. The predicted octanol–water partition coefficient (Wildman–Crippen LogP) is 3.00. The van der Waals surface area contributed by atoms with E-state index in [-0.39, 0.29) is 11.2 Å². The van der Waals surface area contributed by atoms with E-state index in [0.717, 1.165) is 4.34 Å². The van der Waals surface area contributed by atoms with Gasteiger partial charge in [0.05, 0.1) is 11.8 Å². The van der Waals surface area contributed by atoms with Gasteiger partial charge in [0.1, 0.15) is 0 Å². The van der Waals surface area contributed by atoms with Crippen LogP contribution in [0.1, 0.15) is 11.8 Å². The Balaban J connectivity index is 1.79. The molecule has 0 aliphatic carbocycles. The van der Waals surface area contributed by atoms with Crippen LogP contribution in [-0.4, -0.2) is 16.1 Å². The first-order chi connectivity index (χ1) is 8.25. The van der Waals surface area contributed by atoms with Gasteiger partial charge in [-0.2, -0.15) is 0 Å². The topological polar surface area (TPSA) is 42.0 Å². The number of carbonyl (C=O) groups is 1. The Bertz CT molecular complexity index is 453. The quantitative estimate of drug-likeness (QED) is 0.858. The highest BCUT2D eigenvalue weighted by atomic mass is 32.2. The molecule has 0 radical (unpaired) electrons. The number of thiazole rings is 1. The van der Waals surface area contributed by atoms with Crippen LogP contribution < -0.4 is 5.32 Å². The Hall–Kier alpha value is -0.850. The Morgan fingerprint density at radius 2 is 2.41 bits per heavy atom. The van der Waals surface area contributed by atoms with Gasteiger partial charge in [0, 0.05) is 16.5 Å². The number of thiophene rings is 1.